The molecule has 1 aromatic heterocycles. The lowest BCUT2D eigenvalue weighted by Crippen LogP contribution is -3.27. The molecule has 0 aliphatic carbocycles. The third kappa shape index (κ3) is 6.73. The molecule has 1 fully saturated rings. The number of benzene rings is 1. The molecule has 0 spiro atoms. The minimum Gasteiger partial charge on any atom is -0.477 e. The molecule has 1 saturated heterocycles. The second-order valence-electron chi connectivity index (χ2n) is 7.92. The molecule has 29 heavy (non-hydrogen) atoms. The maximum absolute atomic E-state index is 12.2. The molecule has 2 aromatic rings. The van der Waals surface area contributed by atoms with E-state index >= 15 is 0 Å². The lowest BCUT2D eigenvalue weighted by atomic mass is 10.2. The Bertz CT molecular complexity index is 843. The molecule has 0 radical (unpaired) electrons. The van der Waals surface area contributed by atoms with E-state index in [1.807, 2.05) is 19.9 Å². The fourth-order valence-electron chi connectivity index (χ4n) is 3.59. The van der Waals surface area contributed by atoms with Gasteiger partial charge in [0.15, 0.2) is 12.4 Å². The number of hydrogen-bond acceptors (Lipinski definition) is 4. The Morgan fingerprint density at radius 2 is 1.76 bits per heavy atom. The van der Waals surface area contributed by atoms with E-state index in [4.69, 9.17) is 9.15 Å². The van der Waals surface area contributed by atoms with Crippen LogP contribution in [-0.4, -0.2) is 44.7 Å². The quantitative estimate of drug-likeness (QED) is 0.532. The van der Waals surface area contributed by atoms with Crippen LogP contribution in [0.2, 0.25) is 0 Å². The maximum atomic E-state index is 12.2. The van der Waals surface area contributed by atoms with E-state index < -0.39 is 0 Å². The predicted molar refractivity (Wildman–Crippen MR) is 109 cm³/mol. The Morgan fingerprint density at radius 3 is 2.38 bits per heavy atom. The second kappa shape index (κ2) is 10.2. The van der Waals surface area contributed by atoms with Gasteiger partial charge in [-0.2, -0.15) is 0 Å². The first-order valence-corrected chi connectivity index (χ1v) is 10.2. The third-order valence-corrected chi connectivity index (χ3v) is 5.05. The first kappa shape index (κ1) is 21.1. The molecule has 1 amide bonds. The van der Waals surface area contributed by atoms with Crippen LogP contribution in [0.5, 0.6) is 5.75 Å². The number of ether oxygens (including phenoxy) is 1. The summed E-state index contributed by atoms with van der Waals surface area (Å²) in [6, 6.07) is 12.1. The van der Waals surface area contributed by atoms with Crippen molar-refractivity contribution < 1.29 is 23.7 Å². The van der Waals surface area contributed by atoms with E-state index in [0.29, 0.717) is 12.3 Å². The molecule has 1 aliphatic rings. The van der Waals surface area contributed by atoms with Crippen molar-refractivity contribution in [2.75, 3.05) is 32.8 Å². The fraction of sp³-hybridized carbons (Fsp3) is 0.455. The number of nitrogens with one attached hydrogen (secondary N) is 3. The van der Waals surface area contributed by atoms with E-state index in [-0.39, 0.29) is 29.7 Å². The van der Waals surface area contributed by atoms with Gasteiger partial charge in [0.05, 0.1) is 0 Å². The molecule has 2 heterocycles. The highest BCUT2D eigenvalue weighted by molar-refractivity contribution is 5.77. The topological polar surface area (TPSA) is 77.4 Å². The van der Waals surface area contributed by atoms with Gasteiger partial charge in [-0.25, -0.2) is 0 Å². The molecule has 0 atom stereocenters. The van der Waals surface area contributed by atoms with E-state index in [0.717, 1.165) is 32.7 Å². The lowest BCUT2D eigenvalue weighted by molar-refractivity contribution is -1.02. The van der Waals surface area contributed by atoms with Crippen LogP contribution in [-0.2, 0) is 17.9 Å². The number of carbonyl (C=O) groups excluding carboxylic acids is 1. The predicted octanol–water partition coefficient (Wildman–Crippen LogP) is -0.973. The van der Waals surface area contributed by atoms with Gasteiger partial charge in [0.2, 0.25) is 11.2 Å². The zero-order valence-electron chi connectivity index (χ0n) is 17.2. The van der Waals surface area contributed by atoms with E-state index in [2.05, 4.69) is 29.6 Å². The van der Waals surface area contributed by atoms with Crippen LogP contribution in [0.15, 0.2) is 51.9 Å². The van der Waals surface area contributed by atoms with Crippen LogP contribution in [0.4, 0.5) is 0 Å². The van der Waals surface area contributed by atoms with Crippen LogP contribution in [0, 0.1) is 0 Å². The Morgan fingerprint density at radius 1 is 1.10 bits per heavy atom. The molecule has 1 aliphatic heterocycles. The minimum atomic E-state index is -0.260. The monoisotopic (exact) mass is 401 g/mol. The number of rotatable bonds is 8. The largest absolute Gasteiger partial charge is 0.477 e. The van der Waals surface area contributed by atoms with Gasteiger partial charge in [0, 0.05) is 17.7 Å². The van der Waals surface area contributed by atoms with Crippen LogP contribution in [0.3, 0.4) is 0 Å². The number of carbonyl (C=O) groups is 1. The van der Waals surface area contributed by atoms with Crippen molar-refractivity contribution in [3.63, 3.8) is 0 Å². The SMILES string of the molecule is CC(C)NC(=O)COc1coc(C[NH+]2CC[NH+](Cc3ccccc3)CC2)cc1=O. The average molecular weight is 402 g/mol. The van der Waals surface area contributed by atoms with Crippen molar-refractivity contribution in [1.82, 2.24) is 5.32 Å². The van der Waals surface area contributed by atoms with Gasteiger partial charge in [-0.1, -0.05) is 30.3 Å². The summed E-state index contributed by atoms with van der Waals surface area (Å²) in [6.45, 7) is 9.56. The number of amides is 1. The van der Waals surface area contributed by atoms with Crippen molar-refractivity contribution in [3.05, 3.63) is 64.2 Å². The average Bonchev–Trinajstić information content (AvgIpc) is 2.69. The molecule has 0 bridgehead atoms. The van der Waals surface area contributed by atoms with Gasteiger partial charge >= 0.3 is 0 Å². The Labute approximate surface area is 171 Å². The van der Waals surface area contributed by atoms with Crippen LogP contribution < -0.4 is 25.3 Å². The normalized spacial score (nSPS) is 19.1. The molecular weight excluding hydrogens is 370 g/mol. The van der Waals surface area contributed by atoms with Gasteiger partial charge < -0.3 is 24.3 Å². The molecule has 156 valence electrons. The first-order valence-electron chi connectivity index (χ1n) is 10.2. The van der Waals surface area contributed by atoms with Crippen molar-refractivity contribution in [3.8, 4) is 5.75 Å². The Hall–Kier alpha value is -2.64. The van der Waals surface area contributed by atoms with Gasteiger partial charge in [0.25, 0.3) is 5.91 Å². The van der Waals surface area contributed by atoms with Crippen LogP contribution >= 0.6 is 0 Å². The standard InChI is InChI=1S/C22H29N3O4/c1-17(2)23-22(27)16-29-21-15-28-19(12-20(21)26)14-25-10-8-24(9-11-25)13-18-6-4-3-5-7-18/h3-7,12,15,17H,8-11,13-14,16H2,1-2H3,(H,23,27)/p+2. The second-order valence-corrected chi connectivity index (χ2v) is 7.92. The summed E-state index contributed by atoms with van der Waals surface area (Å²) in [5.41, 5.74) is 1.12. The highest BCUT2D eigenvalue weighted by atomic mass is 16.5. The number of piperazine rings is 1. The lowest BCUT2D eigenvalue weighted by Gasteiger charge is -2.29. The zero-order chi connectivity index (χ0) is 20.6. The Balaban J connectivity index is 1.46. The molecule has 1 aromatic carbocycles. The highest BCUT2D eigenvalue weighted by Gasteiger charge is 2.24. The summed E-state index contributed by atoms with van der Waals surface area (Å²) in [6.07, 6.45) is 1.32. The highest BCUT2D eigenvalue weighted by Crippen LogP contribution is 2.05. The number of hydrogen-bond donors (Lipinski definition) is 3. The van der Waals surface area contributed by atoms with Gasteiger partial charge in [-0.05, 0) is 13.8 Å². The summed E-state index contributed by atoms with van der Waals surface area (Å²) in [5.74, 6) is 0.457. The van der Waals surface area contributed by atoms with E-state index in [9.17, 15) is 9.59 Å². The molecule has 3 rings (SSSR count). The van der Waals surface area contributed by atoms with Gasteiger partial charge in [0.1, 0.15) is 45.5 Å². The fourth-order valence-corrected chi connectivity index (χ4v) is 3.59. The van der Waals surface area contributed by atoms with E-state index in [1.165, 1.54) is 22.8 Å². The molecule has 7 heteroatoms. The summed E-state index contributed by atoms with van der Waals surface area (Å²) in [5, 5.41) is 2.71. The molecular formula is C22H31N3O4+2. The van der Waals surface area contributed by atoms with Crippen LogP contribution in [0.25, 0.3) is 0 Å². The van der Waals surface area contributed by atoms with Crippen LogP contribution in [0.1, 0.15) is 25.2 Å². The molecule has 0 unspecified atom stereocenters. The van der Waals surface area contributed by atoms with Crippen molar-refractivity contribution >= 4 is 5.91 Å². The summed E-state index contributed by atoms with van der Waals surface area (Å²) >= 11 is 0. The molecule has 3 N–H and O–H groups in total. The molecule has 7 nitrogen and oxygen atoms in total. The Kier molecular flexibility index (Phi) is 7.43. The van der Waals surface area contributed by atoms with Gasteiger partial charge in [-0.3, -0.25) is 9.59 Å². The summed E-state index contributed by atoms with van der Waals surface area (Å²) in [4.78, 5) is 26.9. The zero-order valence-corrected chi connectivity index (χ0v) is 17.2. The van der Waals surface area contributed by atoms with Crippen molar-refractivity contribution in [2.24, 2.45) is 0 Å². The smallest absolute Gasteiger partial charge is 0.258 e. The van der Waals surface area contributed by atoms with E-state index in [1.54, 1.807) is 4.90 Å². The summed E-state index contributed by atoms with van der Waals surface area (Å²) < 4.78 is 10.9. The first-order chi connectivity index (χ1) is 14.0. The van der Waals surface area contributed by atoms with Crippen molar-refractivity contribution in [1.29, 1.82) is 0 Å². The molecule has 0 saturated carbocycles. The van der Waals surface area contributed by atoms with Crippen molar-refractivity contribution in [2.45, 2.75) is 33.0 Å². The third-order valence-electron chi connectivity index (χ3n) is 5.05. The van der Waals surface area contributed by atoms with Gasteiger partial charge in [-0.15, -0.1) is 0 Å². The summed E-state index contributed by atoms with van der Waals surface area (Å²) in [7, 11) is 0. The number of quaternary nitrogens is 2. The minimum absolute atomic E-state index is 0.0304. The maximum Gasteiger partial charge on any atom is 0.258 e.